The first kappa shape index (κ1) is 18.4. The van der Waals surface area contributed by atoms with Gasteiger partial charge in [-0.3, -0.25) is 4.98 Å². The Bertz CT molecular complexity index is 757. The van der Waals surface area contributed by atoms with Gasteiger partial charge in [0.1, 0.15) is 0 Å². The molecule has 0 saturated carbocycles. The molecule has 2 fully saturated rings. The topological polar surface area (TPSA) is 42.3 Å². The van der Waals surface area contributed by atoms with Crippen LogP contribution in [0.3, 0.4) is 0 Å². The Hall–Kier alpha value is -1.92. The predicted molar refractivity (Wildman–Crippen MR) is 110 cm³/mol. The average Bonchev–Trinajstić information content (AvgIpc) is 3.42. The number of unbranched alkanes of at least 4 members (excludes halogenated alkanes) is 1. The van der Waals surface area contributed by atoms with Crippen LogP contribution < -0.4 is 5.32 Å². The third-order valence-electron chi connectivity index (χ3n) is 5.54. The van der Waals surface area contributed by atoms with E-state index in [0.29, 0.717) is 6.10 Å². The van der Waals surface area contributed by atoms with Gasteiger partial charge >= 0.3 is 0 Å². The highest BCUT2D eigenvalue weighted by Gasteiger charge is 2.40. The van der Waals surface area contributed by atoms with E-state index >= 15 is 0 Å². The molecule has 0 amide bonds. The Kier molecular flexibility index (Phi) is 5.74. The van der Waals surface area contributed by atoms with Crippen LogP contribution in [-0.2, 0) is 11.3 Å². The van der Waals surface area contributed by atoms with Crippen molar-refractivity contribution in [2.45, 2.75) is 57.3 Å². The zero-order valence-corrected chi connectivity index (χ0v) is 16.7. The van der Waals surface area contributed by atoms with Crippen LogP contribution in [0.4, 0.5) is 0 Å². The predicted octanol–water partition coefficient (Wildman–Crippen LogP) is 3.83. The normalized spacial score (nSPS) is 25.1. The van der Waals surface area contributed by atoms with E-state index < -0.39 is 0 Å². The van der Waals surface area contributed by atoms with E-state index in [9.17, 15) is 0 Å². The number of aromatic nitrogens is 2. The number of ether oxygens (including phenoxy) is 1. The molecule has 1 N–H and O–H groups in total. The molecule has 2 aliphatic heterocycles. The summed E-state index contributed by atoms with van der Waals surface area (Å²) in [4.78, 5) is 6.97. The number of pyridine rings is 1. The van der Waals surface area contributed by atoms with Crippen molar-refractivity contribution in [2.24, 2.45) is 0 Å². The molecular weight excluding hydrogens is 356 g/mol. The highest BCUT2D eigenvalue weighted by molar-refractivity contribution is 7.80. The molecule has 0 radical (unpaired) electrons. The zero-order valence-electron chi connectivity index (χ0n) is 15.9. The van der Waals surface area contributed by atoms with Crippen LogP contribution in [0.15, 0.2) is 42.7 Å². The minimum absolute atomic E-state index is 0.0636. The van der Waals surface area contributed by atoms with Crippen molar-refractivity contribution < 1.29 is 4.74 Å². The lowest BCUT2D eigenvalue weighted by molar-refractivity contribution is 0.0953. The molecule has 0 bridgehead atoms. The highest BCUT2D eigenvalue weighted by atomic mass is 32.1. The second-order valence-corrected chi connectivity index (χ2v) is 7.78. The minimum atomic E-state index is 0.0636. The van der Waals surface area contributed by atoms with Gasteiger partial charge in [0, 0.05) is 37.8 Å². The Balaban J connectivity index is 1.66. The molecule has 0 aliphatic carbocycles. The summed E-state index contributed by atoms with van der Waals surface area (Å²) in [5, 5.41) is 4.37. The summed E-state index contributed by atoms with van der Waals surface area (Å²) in [5.41, 5.74) is 2.32. The van der Waals surface area contributed by atoms with Gasteiger partial charge in [-0.25, -0.2) is 0 Å². The molecule has 3 atom stereocenters. The summed E-state index contributed by atoms with van der Waals surface area (Å²) in [6.45, 7) is 4.97. The molecule has 27 heavy (non-hydrogen) atoms. The fourth-order valence-electron chi connectivity index (χ4n) is 4.17. The zero-order chi connectivity index (χ0) is 18.6. The molecule has 4 heterocycles. The lowest BCUT2D eigenvalue weighted by atomic mass is 10.0. The molecule has 2 aromatic heterocycles. The average molecular weight is 385 g/mol. The summed E-state index contributed by atoms with van der Waals surface area (Å²) in [6, 6.07) is 10.7. The quantitative estimate of drug-likeness (QED) is 0.735. The summed E-state index contributed by atoms with van der Waals surface area (Å²) in [6.07, 6.45) is 8.92. The molecule has 0 unspecified atom stereocenters. The molecule has 144 valence electrons. The van der Waals surface area contributed by atoms with Gasteiger partial charge in [0.25, 0.3) is 0 Å². The standard InChI is InChI=1S/C21H28N4OS/c1-2-3-13-25-20(19(23-21(25)27)17-9-4-5-11-22-17)18-10-6-12-24(18)15-16-8-7-14-26-16/h4-6,9-12,16,19-20H,2-3,7-8,13-15H2,1H3,(H,23,27)/t16-,19-,20+/m0/s1. The molecule has 2 saturated heterocycles. The highest BCUT2D eigenvalue weighted by Crippen LogP contribution is 2.39. The first-order valence-corrected chi connectivity index (χ1v) is 10.4. The van der Waals surface area contributed by atoms with Gasteiger partial charge in [-0.1, -0.05) is 19.4 Å². The van der Waals surface area contributed by atoms with Crippen molar-refractivity contribution in [1.29, 1.82) is 0 Å². The summed E-state index contributed by atoms with van der Waals surface area (Å²) in [5.74, 6) is 0. The second-order valence-electron chi connectivity index (χ2n) is 7.39. The molecule has 2 aliphatic rings. The van der Waals surface area contributed by atoms with Crippen molar-refractivity contribution in [2.75, 3.05) is 13.2 Å². The molecule has 4 rings (SSSR count). The summed E-state index contributed by atoms with van der Waals surface area (Å²) in [7, 11) is 0. The van der Waals surface area contributed by atoms with Crippen molar-refractivity contribution >= 4 is 17.3 Å². The Morgan fingerprint density at radius 3 is 2.96 bits per heavy atom. The van der Waals surface area contributed by atoms with Crippen LogP contribution in [0.5, 0.6) is 0 Å². The van der Waals surface area contributed by atoms with Crippen LogP contribution in [0.25, 0.3) is 0 Å². The number of hydrogen-bond donors (Lipinski definition) is 1. The van der Waals surface area contributed by atoms with Gasteiger partial charge in [-0.2, -0.15) is 0 Å². The third-order valence-corrected chi connectivity index (χ3v) is 5.89. The molecular formula is C21H28N4OS. The first-order valence-electron chi connectivity index (χ1n) is 10.0. The van der Waals surface area contributed by atoms with E-state index in [0.717, 1.165) is 56.2 Å². The van der Waals surface area contributed by atoms with Gasteiger partial charge in [0.2, 0.25) is 0 Å². The van der Waals surface area contributed by atoms with E-state index in [1.807, 2.05) is 18.3 Å². The van der Waals surface area contributed by atoms with Crippen LogP contribution in [0, 0.1) is 0 Å². The molecule has 5 nitrogen and oxygen atoms in total. The van der Waals surface area contributed by atoms with E-state index in [2.05, 4.69) is 51.1 Å². The van der Waals surface area contributed by atoms with E-state index in [-0.39, 0.29) is 12.1 Å². The van der Waals surface area contributed by atoms with Crippen LogP contribution in [0.1, 0.15) is 56.1 Å². The number of rotatable bonds is 7. The third kappa shape index (κ3) is 3.87. The van der Waals surface area contributed by atoms with Gasteiger partial charge in [-0.05, 0) is 55.7 Å². The lowest BCUT2D eigenvalue weighted by Gasteiger charge is -2.29. The minimum Gasteiger partial charge on any atom is -0.376 e. The van der Waals surface area contributed by atoms with Gasteiger partial charge in [0.05, 0.1) is 23.9 Å². The summed E-state index contributed by atoms with van der Waals surface area (Å²) >= 11 is 5.72. The fourth-order valence-corrected chi connectivity index (χ4v) is 4.50. The van der Waals surface area contributed by atoms with E-state index in [4.69, 9.17) is 17.0 Å². The first-order chi connectivity index (χ1) is 13.3. The largest absolute Gasteiger partial charge is 0.376 e. The maximum absolute atomic E-state index is 5.88. The van der Waals surface area contributed by atoms with Crippen molar-refractivity contribution in [3.8, 4) is 0 Å². The van der Waals surface area contributed by atoms with E-state index in [1.165, 1.54) is 5.69 Å². The number of nitrogens with one attached hydrogen (secondary N) is 1. The number of thiocarbonyl (C=S) groups is 1. The number of hydrogen-bond acceptors (Lipinski definition) is 3. The lowest BCUT2D eigenvalue weighted by Crippen LogP contribution is -2.32. The monoisotopic (exact) mass is 384 g/mol. The van der Waals surface area contributed by atoms with Crippen molar-refractivity contribution in [3.05, 3.63) is 54.1 Å². The van der Waals surface area contributed by atoms with Crippen LogP contribution >= 0.6 is 12.2 Å². The van der Waals surface area contributed by atoms with Crippen molar-refractivity contribution in [3.63, 3.8) is 0 Å². The molecule has 6 heteroatoms. The maximum Gasteiger partial charge on any atom is 0.170 e. The van der Waals surface area contributed by atoms with Crippen LogP contribution in [-0.4, -0.2) is 38.8 Å². The Morgan fingerprint density at radius 1 is 1.30 bits per heavy atom. The molecule has 0 aromatic carbocycles. The van der Waals surface area contributed by atoms with E-state index in [1.54, 1.807) is 0 Å². The van der Waals surface area contributed by atoms with Gasteiger partial charge in [-0.15, -0.1) is 0 Å². The smallest absolute Gasteiger partial charge is 0.170 e. The second kappa shape index (κ2) is 8.40. The molecule has 0 spiro atoms. The number of nitrogens with zero attached hydrogens (tertiary/aromatic N) is 3. The SMILES string of the molecule is CCCCN1C(=S)N[C@@H](c2ccccn2)[C@H]1c1cccn1C[C@@H]1CCCO1. The van der Waals surface area contributed by atoms with Gasteiger partial charge in [0.15, 0.2) is 5.11 Å². The summed E-state index contributed by atoms with van der Waals surface area (Å²) < 4.78 is 8.23. The Labute approximate surface area is 166 Å². The fraction of sp³-hybridized carbons (Fsp3) is 0.524. The van der Waals surface area contributed by atoms with Crippen molar-refractivity contribution in [1.82, 2.24) is 19.8 Å². The maximum atomic E-state index is 5.88. The molecule has 2 aromatic rings. The van der Waals surface area contributed by atoms with Gasteiger partial charge < -0.3 is 19.5 Å². The Morgan fingerprint density at radius 2 is 2.22 bits per heavy atom. The van der Waals surface area contributed by atoms with Crippen LogP contribution in [0.2, 0.25) is 0 Å².